The highest BCUT2D eigenvalue weighted by atomic mass is 79.9. The van der Waals surface area contributed by atoms with E-state index in [0.717, 1.165) is 41.1 Å². The summed E-state index contributed by atoms with van der Waals surface area (Å²) in [5, 5.41) is 0.971. The summed E-state index contributed by atoms with van der Waals surface area (Å²) in [5.74, 6) is -0.360. The van der Waals surface area contributed by atoms with Gasteiger partial charge in [0.1, 0.15) is 0 Å². The average Bonchev–Trinajstić information content (AvgIpc) is 2.87. The van der Waals surface area contributed by atoms with E-state index in [4.69, 9.17) is 0 Å². The molecular formula is C17H20BrN3O2. The van der Waals surface area contributed by atoms with Gasteiger partial charge in [0.25, 0.3) is 5.91 Å². The lowest BCUT2D eigenvalue weighted by Crippen LogP contribution is -2.44. The average molecular weight is 378 g/mol. The molecule has 1 heterocycles. The van der Waals surface area contributed by atoms with Crippen LogP contribution in [0.4, 0.5) is 0 Å². The van der Waals surface area contributed by atoms with Gasteiger partial charge in [0, 0.05) is 40.1 Å². The number of fused-ring (bicyclic) bond motifs is 1. The first-order chi connectivity index (χ1) is 11.1. The van der Waals surface area contributed by atoms with Gasteiger partial charge < -0.3 is 4.57 Å². The van der Waals surface area contributed by atoms with E-state index in [1.807, 2.05) is 29.9 Å². The lowest BCUT2D eigenvalue weighted by molar-refractivity contribution is -0.126. The van der Waals surface area contributed by atoms with Crippen molar-refractivity contribution in [2.24, 2.45) is 13.0 Å². The molecule has 23 heavy (non-hydrogen) atoms. The smallest absolute Gasteiger partial charge is 0.269 e. The monoisotopic (exact) mass is 377 g/mol. The van der Waals surface area contributed by atoms with Crippen LogP contribution in [0.15, 0.2) is 28.9 Å². The van der Waals surface area contributed by atoms with Crippen LogP contribution in [0.3, 0.4) is 0 Å². The Balaban J connectivity index is 1.66. The zero-order valence-corrected chi connectivity index (χ0v) is 14.6. The largest absolute Gasteiger partial charge is 0.349 e. The number of halogens is 1. The number of rotatable bonds is 2. The zero-order chi connectivity index (χ0) is 16.4. The number of aromatic nitrogens is 1. The molecule has 1 aromatic heterocycles. The third-order valence-corrected chi connectivity index (χ3v) is 5.11. The first-order valence-electron chi connectivity index (χ1n) is 7.91. The summed E-state index contributed by atoms with van der Waals surface area (Å²) in [6, 6.07) is 5.48. The van der Waals surface area contributed by atoms with Gasteiger partial charge in [-0.1, -0.05) is 19.3 Å². The molecule has 3 rings (SSSR count). The van der Waals surface area contributed by atoms with E-state index in [0.29, 0.717) is 5.56 Å². The normalized spacial score (nSPS) is 15.6. The summed E-state index contributed by atoms with van der Waals surface area (Å²) in [4.78, 5) is 24.3. The minimum atomic E-state index is -0.299. The number of carbonyl (C=O) groups excluding carboxylic acids is 2. The van der Waals surface area contributed by atoms with Crippen molar-refractivity contribution in [3.8, 4) is 0 Å². The molecule has 0 saturated heterocycles. The molecular weight excluding hydrogens is 358 g/mol. The molecule has 0 unspecified atom stereocenters. The summed E-state index contributed by atoms with van der Waals surface area (Å²) in [6.45, 7) is 0. The van der Waals surface area contributed by atoms with Gasteiger partial charge in [-0.15, -0.1) is 0 Å². The first-order valence-corrected chi connectivity index (χ1v) is 8.70. The molecule has 6 heteroatoms. The Kier molecular flexibility index (Phi) is 4.71. The molecule has 1 aliphatic rings. The number of hydrogen-bond donors (Lipinski definition) is 2. The van der Waals surface area contributed by atoms with E-state index in [2.05, 4.69) is 26.8 Å². The fourth-order valence-corrected chi connectivity index (χ4v) is 3.77. The van der Waals surface area contributed by atoms with Crippen LogP contribution < -0.4 is 10.9 Å². The van der Waals surface area contributed by atoms with Gasteiger partial charge in [-0.3, -0.25) is 20.4 Å². The molecule has 0 bridgehead atoms. The summed E-state index contributed by atoms with van der Waals surface area (Å²) < 4.78 is 2.93. The first kappa shape index (κ1) is 16.1. The number of hydrogen-bond acceptors (Lipinski definition) is 2. The molecule has 0 aliphatic heterocycles. The molecule has 0 radical (unpaired) electrons. The second-order valence-electron chi connectivity index (χ2n) is 6.10. The van der Waals surface area contributed by atoms with Gasteiger partial charge in [0.05, 0.1) is 0 Å². The topological polar surface area (TPSA) is 63.1 Å². The van der Waals surface area contributed by atoms with Crippen molar-refractivity contribution in [1.82, 2.24) is 15.4 Å². The number of aryl methyl sites for hydroxylation is 1. The summed E-state index contributed by atoms with van der Waals surface area (Å²) in [6.07, 6.45) is 7.14. The van der Waals surface area contributed by atoms with Gasteiger partial charge in [0.15, 0.2) is 0 Å². The van der Waals surface area contributed by atoms with Gasteiger partial charge in [-0.05, 0) is 47.0 Å². The number of nitrogens with zero attached hydrogens (tertiary/aromatic N) is 1. The lowest BCUT2D eigenvalue weighted by atomic mass is 9.89. The van der Waals surface area contributed by atoms with Crippen molar-refractivity contribution in [3.05, 3.63) is 34.4 Å². The Morgan fingerprint density at radius 2 is 1.91 bits per heavy atom. The standard InChI is InChI=1S/C17H20BrN3O2/c1-21-10-14(18)13-9-12(7-8-15(13)21)17(23)20-19-16(22)11-5-3-2-4-6-11/h7-11H,2-6H2,1H3,(H,19,22)(H,20,23). The number of benzene rings is 1. The quantitative estimate of drug-likeness (QED) is 0.788. The van der Waals surface area contributed by atoms with Crippen LogP contribution in [0.25, 0.3) is 10.9 Å². The maximum absolute atomic E-state index is 12.2. The van der Waals surface area contributed by atoms with Gasteiger partial charge >= 0.3 is 0 Å². The Bertz CT molecular complexity index is 748. The van der Waals surface area contributed by atoms with Gasteiger partial charge in [0.2, 0.25) is 5.91 Å². The van der Waals surface area contributed by atoms with Crippen molar-refractivity contribution in [2.45, 2.75) is 32.1 Å². The minimum Gasteiger partial charge on any atom is -0.349 e. The van der Waals surface area contributed by atoms with Crippen molar-refractivity contribution < 1.29 is 9.59 Å². The molecule has 1 saturated carbocycles. The van der Waals surface area contributed by atoms with Crippen LogP contribution in [0.1, 0.15) is 42.5 Å². The van der Waals surface area contributed by atoms with Crippen LogP contribution in [0, 0.1) is 5.92 Å². The predicted molar refractivity (Wildman–Crippen MR) is 92.8 cm³/mol. The number of nitrogens with one attached hydrogen (secondary N) is 2. The van der Waals surface area contributed by atoms with Crippen LogP contribution in [0.5, 0.6) is 0 Å². The summed E-state index contributed by atoms with van der Waals surface area (Å²) in [5.41, 5.74) is 6.65. The lowest BCUT2D eigenvalue weighted by Gasteiger charge is -2.20. The molecule has 5 nitrogen and oxygen atoms in total. The van der Waals surface area contributed by atoms with E-state index in [9.17, 15) is 9.59 Å². The maximum atomic E-state index is 12.2. The number of carbonyl (C=O) groups is 2. The Morgan fingerprint density at radius 1 is 1.17 bits per heavy atom. The molecule has 2 aromatic rings. The molecule has 2 N–H and O–H groups in total. The zero-order valence-electron chi connectivity index (χ0n) is 13.1. The van der Waals surface area contributed by atoms with Crippen LogP contribution in [-0.4, -0.2) is 16.4 Å². The Labute approximate surface area is 143 Å². The Hall–Kier alpha value is -1.82. The molecule has 1 aliphatic carbocycles. The van der Waals surface area contributed by atoms with Crippen LogP contribution >= 0.6 is 15.9 Å². The molecule has 0 atom stereocenters. The third kappa shape index (κ3) is 3.42. The predicted octanol–water partition coefficient (Wildman–Crippen LogP) is 3.28. The summed E-state index contributed by atoms with van der Waals surface area (Å²) in [7, 11) is 1.96. The van der Waals surface area contributed by atoms with Crippen molar-refractivity contribution in [2.75, 3.05) is 0 Å². The van der Waals surface area contributed by atoms with E-state index >= 15 is 0 Å². The van der Waals surface area contributed by atoms with Crippen LogP contribution in [-0.2, 0) is 11.8 Å². The van der Waals surface area contributed by atoms with E-state index in [1.165, 1.54) is 6.42 Å². The SMILES string of the molecule is Cn1cc(Br)c2cc(C(=O)NNC(=O)C3CCCCC3)ccc21. The Morgan fingerprint density at radius 3 is 2.65 bits per heavy atom. The number of amides is 2. The maximum Gasteiger partial charge on any atom is 0.269 e. The molecule has 1 aromatic carbocycles. The van der Waals surface area contributed by atoms with Crippen LogP contribution in [0.2, 0.25) is 0 Å². The number of hydrazine groups is 1. The highest BCUT2D eigenvalue weighted by molar-refractivity contribution is 9.10. The minimum absolute atomic E-state index is 0.0230. The second kappa shape index (κ2) is 6.74. The fraction of sp³-hybridized carbons (Fsp3) is 0.412. The van der Waals surface area contributed by atoms with Crippen molar-refractivity contribution in [3.63, 3.8) is 0 Å². The molecule has 122 valence electrons. The highest BCUT2D eigenvalue weighted by Gasteiger charge is 2.21. The third-order valence-electron chi connectivity index (χ3n) is 4.48. The van der Waals surface area contributed by atoms with Gasteiger partial charge in [-0.25, -0.2) is 0 Å². The van der Waals surface area contributed by atoms with E-state index < -0.39 is 0 Å². The highest BCUT2D eigenvalue weighted by Crippen LogP contribution is 2.26. The van der Waals surface area contributed by atoms with E-state index in [-0.39, 0.29) is 17.7 Å². The van der Waals surface area contributed by atoms with E-state index in [1.54, 1.807) is 6.07 Å². The molecule has 2 amide bonds. The van der Waals surface area contributed by atoms with Crippen molar-refractivity contribution in [1.29, 1.82) is 0 Å². The van der Waals surface area contributed by atoms with Crippen molar-refractivity contribution >= 4 is 38.6 Å². The molecule has 0 spiro atoms. The molecule has 1 fully saturated rings. The summed E-state index contributed by atoms with van der Waals surface area (Å²) >= 11 is 3.49. The van der Waals surface area contributed by atoms with Gasteiger partial charge in [-0.2, -0.15) is 0 Å². The second-order valence-corrected chi connectivity index (χ2v) is 6.95. The fourth-order valence-electron chi connectivity index (χ4n) is 3.14.